The van der Waals surface area contributed by atoms with Crippen LogP contribution in [0.3, 0.4) is 0 Å². The Bertz CT molecular complexity index is 1150. The fourth-order valence-electron chi connectivity index (χ4n) is 5.80. The first kappa shape index (κ1) is 29.7. The van der Waals surface area contributed by atoms with Crippen molar-refractivity contribution in [2.45, 2.75) is 95.2 Å². The second kappa shape index (κ2) is 12.0. The maximum Gasteiger partial charge on any atom is 0.242 e. The van der Waals surface area contributed by atoms with Crippen LogP contribution in [0.5, 0.6) is 0 Å². The van der Waals surface area contributed by atoms with Gasteiger partial charge in [-0.2, -0.15) is 0 Å². The summed E-state index contributed by atoms with van der Waals surface area (Å²) in [6.45, 7) is 9.55. The molecule has 1 saturated heterocycles. The topological polar surface area (TPSA) is 87.7 Å². The Morgan fingerprint density at radius 1 is 1.05 bits per heavy atom. The van der Waals surface area contributed by atoms with Gasteiger partial charge in [0.25, 0.3) is 0 Å². The number of amides is 1. The minimum absolute atomic E-state index is 0.00355. The van der Waals surface area contributed by atoms with Crippen LogP contribution in [-0.2, 0) is 19.6 Å². The SMILES string of the molecule is CC1C(C(=O)NC2CCOCC2)C=C(c2ccc(S(=O)(=O)NC(C)(C)C)c(Cl)c2Cl)N1CC1CCCCC1. The van der Waals surface area contributed by atoms with Crippen molar-refractivity contribution in [1.82, 2.24) is 14.9 Å². The molecule has 2 unspecified atom stereocenters. The third kappa shape index (κ3) is 6.87. The van der Waals surface area contributed by atoms with Gasteiger partial charge in [0.05, 0.1) is 16.0 Å². The highest BCUT2D eigenvalue weighted by molar-refractivity contribution is 7.89. The zero-order valence-corrected chi connectivity index (χ0v) is 25.2. The van der Waals surface area contributed by atoms with Crippen LogP contribution in [0.2, 0.25) is 10.0 Å². The maximum absolute atomic E-state index is 13.4. The highest BCUT2D eigenvalue weighted by atomic mass is 35.5. The standard InChI is InChI=1S/C28H41Cl2N3O4S/c1-18-22(27(34)31-20-12-14-37-15-13-20)16-23(33(18)17-19-8-6-5-7-9-19)21-10-11-24(26(30)25(21)29)38(35,36)32-28(2,3)4/h10-11,16,18-20,22,32H,5-9,12-15,17H2,1-4H3,(H,31,34). The molecule has 1 amide bonds. The summed E-state index contributed by atoms with van der Waals surface area (Å²) in [5.74, 6) is 0.192. The van der Waals surface area contributed by atoms with Crippen molar-refractivity contribution in [1.29, 1.82) is 0 Å². The van der Waals surface area contributed by atoms with Crippen molar-refractivity contribution >= 4 is 44.8 Å². The molecule has 7 nitrogen and oxygen atoms in total. The third-order valence-electron chi connectivity index (χ3n) is 7.76. The molecule has 3 aliphatic rings. The fraction of sp³-hybridized carbons (Fsp3) is 0.679. The van der Waals surface area contributed by atoms with Gasteiger partial charge < -0.3 is 15.0 Å². The van der Waals surface area contributed by atoms with Gasteiger partial charge in [-0.05, 0) is 77.5 Å². The minimum atomic E-state index is -3.87. The molecule has 2 fully saturated rings. The lowest BCUT2D eigenvalue weighted by molar-refractivity contribution is -0.125. The molecule has 2 heterocycles. The Labute approximate surface area is 237 Å². The van der Waals surface area contributed by atoms with Gasteiger partial charge in [-0.3, -0.25) is 4.79 Å². The summed E-state index contributed by atoms with van der Waals surface area (Å²) in [6, 6.07) is 3.28. The molecule has 4 rings (SSSR count). The molecule has 1 aromatic rings. The monoisotopic (exact) mass is 585 g/mol. The van der Waals surface area contributed by atoms with Crippen LogP contribution >= 0.6 is 23.2 Å². The Hall–Kier alpha value is -1.32. The van der Waals surface area contributed by atoms with Crippen molar-refractivity contribution in [3.8, 4) is 0 Å². The molecule has 10 heteroatoms. The van der Waals surface area contributed by atoms with Crippen molar-refractivity contribution in [2.75, 3.05) is 19.8 Å². The quantitative estimate of drug-likeness (QED) is 0.434. The van der Waals surface area contributed by atoms with Gasteiger partial charge in [0, 0.05) is 48.6 Å². The van der Waals surface area contributed by atoms with Crippen molar-refractivity contribution in [3.63, 3.8) is 0 Å². The summed E-state index contributed by atoms with van der Waals surface area (Å²) < 4.78 is 34.1. The summed E-state index contributed by atoms with van der Waals surface area (Å²) in [7, 11) is -3.87. The van der Waals surface area contributed by atoms with Crippen LogP contribution in [-0.4, -0.2) is 56.6 Å². The van der Waals surface area contributed by atoms with Crippen LogP contribution < -0.4 is 10.0 Å². The molecule has 0 aromatic heterocycles. The van der Waals surface area contributed by atoms with E-state index >= 15 is 0 Å². The van der Waals surface area contributed by atoms with Crippen LogP contribution in [0.15, 0.2) is 23.1 Å². The second-order valence-corrected chi connectivity index (χ2v) is 14.4. The third-order valence-corrected chi connectivity index (χ3v) is 10.6. The molecule has 1 aliphatic carbocycles. The molecule has 212 valence electrons. The Balaban J connectivity index is 1.66. The predicted octanol–water partition coefficient (Wildman–Crippen LogP) is 5.61. The average molecular weight is 587 g/mol. The van der Waals surface area contributed by atoms with Gasteiger partial charge in [-0.25, -0.2) is 13.1 Å². The zero-order chi connectivity index (χ0) is 27.7. The maximum atomic E-state index is 13.4. The van der Waals surface area contributed by atoms with Gasteiger partial charge in [-0.15, -0.1) is 0 Å². The molecule has 2 N–H and O–H groups in total. The number of ether oxygens (including phenoxy) is 1. The van der Waals surface area contributed by atoms with Crippen LogP contribution in [0, 0.1) is 11.8 Å². The van der Waals surface area contributed by atoms with E-state index < -0.39 is 15.6 Å². The highest BCUT2D eigenvalue weighted by Crippen LogP contribution is 2.42. The molecule has 38 heavy (non-hydrogen) atoms. The summed E-state index contributed by atoms with van der Waals surface area (Å²) in [5, 5.41) is 3.40. The van der Waals surface area contributed by atoms with E-state index in [1.807, 2.05) is 6.08 Å². The van der Waals surface area contributed by atoms with Crippen LogP contribution in [0.25, 0.3) is 5.70 Å². The number of carbonyl (C=O) groups is 1. The number of nitrogens with one attached hydrogen (secondary N) is 2. The Morgan fingerprint density at radius 3 is 2.34 bits per heavy atom. The number of rotatable bonds is 7. The number of nitrogens with zero attached hydrogens (tertiary/aromatic N) is 1. The van der Waals surface area contributed by atoms with Gasteiger partial charge in [0.2, 0.25) is 15.9 Å². The van der Waals surface area contributed by atoms with Crippen LogP contribution in [0.4, 0.5) is 0 Å². The Morgan fingerprint density at radius 2 is 1.71 bits per heavy atom. The number of hydrogen-bond donors (Lipinski definition) is 2. The van der Waals surface area contributed by atoms with E-state index in [0.717, 1.165) is 25.1 Å². The number of benzene rings is 1. The molecular formula is C28H41Cl2N3O4S. The number of sulfonamides is 1. The van der Waals surface area contributed by atoms with Gasteiger partial charge in [-0.1, -0.05) is 42.5 Å². The summed E-state index contributed by atoms with van der Waals surface area (Å²) >= 11 is 13.4. The summed E-state index contributed by atoms with van der Waals surface area (Å²) in [4.78, 5) is 15.7. The summed E-state index contributed by atoms with van der Waals surface area (Å²) in [5.41, 5.74) is 0.823. The first-order valence-electron chi connectivity index (χ1n) is 13.8. The van der Waals surface area contributed by atoms with E-state index in [2.05, 4.69) is 21.9 Å². The van der Waals surface area contributed by atoms with Gasteiger partial charge >= 0.3 is 0 Å². The van der Waals surface area contributed by atoms with E-state index in [4.69, 9.17) is 27.9 Å². The molecular weight excluding hydrogens is 545 g/mol. The van der Waals surface area contributed by atoms with Crippen LogP contribution in [0.1, 0.15) is 78.2 Å². The molecule has 0 bridgehead atoms. The van der Waals surface area contributed by atoms with E-state index in [-0.39, 0.29) is 38.8 Å². The van der Waals surface area contributed by atoms with E-state index in [1.54, 1.807) is 26.8 Å². The second-order valence-electron chi connectivity index (χ2n) is 12.0. The van der Waals surface area contributed by atoms with Gasteiger partial charge in [0.1, 0.15) is 4.90 Å². The molecule has 1 saturated carbocycles. The highest BCUT2D eigenvalue weighted by Gasteiger charge is 2.39. The minimum Gasteiger partial charge on any atom is -0.381 e. The lowest BCUT2D eigenvalue weighted by Gasteiger charge is -2.35. The zero-order valence-electron chi connectivity index (χ0n) is 22.9. The number of carbonyl (C=O) groups excluding carboxylic acids is 1. The molecule has 1 aromatic carbocycles. The normalized spacial score (nSPS) is 23.9. The van der Waals surface area contributed by atoms with E-state index in [9.17, 15) is 13.2 Å². The lowest BCUT2D eigenvalue weighted by atomic mass is 9.88. The summed E-state index contributed by atoms with van der Waals surface area (Å²) in [6.07, 6.45) is 9.66. The van der Waals surface area contributed by atoms with Crippen molar-refractivity contribution < 1.29 is 17.9 Å². The van der Waals surface area contributed by atoms with Crippen molar-refractivity contribution in [3.05, 3.63) is 33.8 Å². The molecule has 2 aliphatic heterocycles. The molecule has 2 atom stereocenters. The first-order chi connectivity index (χ1) is 17.9. The van der Waals surface area contributed by atoms with Gasteiger partial charge in [0.15, 0.2) is 0 Å². The lowest BCUT2D eigenvalue weighted by Crippen LogP contribution is -2.46. The number of halogens is 2. The average Bonchev–Trinajstić information content (AvgIpc) is 3.16. The van der Waals surface area contributed by atoms with Crippen molar-refractivity contribution in [2.24, 2.45) is 11.8 Å². The largest absolute Gasteiger partial charge is 0.381 e. The molecule has 0 radical (unpaired) electrons. The van der Waals surface area contributed by atoms with E-state index in [1.165, 1.54) is 38.2 Å². The molecule has 0 spiro atoms. The smallest absolute Gasteiger partial charge is 0.242 e. The fourth-order valence-corrected chi connectivity index (χ4v) is 8.09. The predicted molar refractivity (Wildman–Crippen MR) is 153 cm³/mol. The number of hydrogen-bond acceptors (Lipinski definition) is 5. The first-order valence-corrected chi connectivity index (χ1v) is 16.0. The van der Waals surface area contributed by atoms with E-state index in [0.29, 0.717) is 24.7 Å². The Kier molecular flexibility index (Phi) is 9.40.